The molecule has 0 unspecified atom stereocenters. The van der Waals surface area contributed by atoms with E-state index < -0.39 is 0 Å². The number of nitrogens with zero attached hydrogens (tertiary/aromatic N) is 1. The molecule has 0 saturated carbocycles. The summed E-state index contributed by atoms with van der Waals surface area (Å²) in [6, 6.07) is 6.19. The first-order chi connectivity index (χ1) is 12.1. The summed E-state index contributed by atoms with van der Waals surface area (Å²) >= 11 is 0. The number of rotatable bonds is 10. The minimum absolute atomic E-state index is 0.165. The summed E-state index contributed by atoms with van der Waals surface area (Å²) in [6.45, 7) is 8.47. The number of aliphatic imine (C=N–C) groups is 1. The van der Waals surface area contributed by atoms with Crippen LogP contribution in [0.3, 0.4) is 0 Å². The van der Waals surface area contributed by atoms with Gasteiger partial charge in [-0.05, 0) is 45.2 Å². The lowest BCUT2D eigenvalue weighted by molar-refractivity contribution is -0.143. The first-order valence-electron chi connectivity index (χ1n) is 8.92. The lowest BCUT2D eigenvalue weighted by Gasteiger charge is -2.13. The van der Waals surface area contributed by atoms with Gasteiger partial charge in [0, 0.05) is 26.1 Å². The number of guanidine groups is 1. The predicted molar refractivity (Wildman–Crippen MR) is 101 cm³/mol. The molecule has 1 aromatic carbocycles. The van der Waals surface area contributed by atoms with Crippen molar-refractivity contribution in [1.29, 1.82) is 0 Å². The Bertz CT molecular complexity index is 559. The van der Waals surface area contributed by atoms with Crippen molar-refractivity contribution in [2.75, 3.05) is 33.4 Å². The molecular weight excluding hydrogens is 318 g/mol. The minimum Gasteiger partial charge on any atom is -0.496 e. The molecule has 0 atom stereocenters. The molecule has 0 aliphatic heterocycles. The Morgan fingerprint density at radius 1 is 1.24 bits per heavy atom. The van der Waals surface area contributed by atoms with E-state index in [2.05, 4.69) is 28.6 Å². The summed E-state index contributed by atoms with van der Waals surface area (Å²) in [5.74, 6) is 1.50. The molecule has 0 bridgehead atoms. The summed E-state index contributed by atoms with van der Waals surface area (Å²) in [5, 5.41) is 6.53. The molecule has 0 amide bonds. The van der Waals surface area contributed by atoms with E-state index in [4.69, 9.17) is 9.47 Å². The summed E-state index contributed by atoms with van der Waals surface area (Å²) in [6.07, 6.45) is 1.93. The normalized spacial score (nSPS) is 11.1. The van der Waals surface area contributed by atoms with Gasteiger partial charge in [0.05, 0.1) is 13.7 Å². The number of hydrogen-bond donors (Lipinski definition) is 2. The first kappa shape index (κ1) is 20.8. The number of nitrogens with one attached hydrogen (secondary N) is 2. The summed E-state index contributed by atoms with van der Waals surface area (Å²) < 4.78 is 10.3. The number of carbonyl (C=O) groups excluding carboxylic acids is 1. The molecule has 0 saturated heterocycles. The SMILES string of the molecule is CCNC(=NCCCC(=O)OCC)NCCc1cc(C)ccc1OC. The average Bonchev–Trinajstić information content (AvgIpc) is 2.59. The van der Waals surface area contributed by atoms with Gasteiger partial charge in [-0.1, -0.05) is 17.7 Å². The highest BCUT2D eigenvalue weighted by Gasteiger charge is 2.05. The zero-order valence-electron chi connectivity index (χ0n) is 15.9. The Hall–Kier alpha value is -2.24. The molecule has 0 spiro atoms. The van der Waals surface area contributed by atoms with Crippen molar-refractivity contribution in [2.45, 2.75) is 40.0 Å². The van der Waals surface area contributed by atoms with E-state index in [1.165, 1.54) is 11.1 Å². The lowest BCUT2D eigenvalue weighted by atomic mass is 10.1. The second-order valence-corrected chi connectivity index (χ2v) is 5.66. The molecule has 0 aliphatic rings. The van der Waals surface area contributed by atoms with Crippen LogP contribution in [0.1, 0.15) is 37.8 Å². The van der Waals surface area contributed by atoms with Crippen molar-refractivity contribution in [3.05, 3.63) is 29.3 Å². The fourth-order valence-corrected chi connectivity index (χ4v) is 2.41. The molecule has 0 fully saturated rings. The molecule has 0 aliphatic carbocycles. The monoisotopic (exact) mass is 349 g/mol. The van der Waals surface area contributed by atoms with Gasteiger partial charge in [0.1, 0.15) is 5.75 Å². The number of ether oxygens (including phenoxy) is 2. The van der Waals surface area contributed by atoms with E-state index >= 15 is 0 Å². The van der Waals surface area contributed by atoms with Crippen molar-refractivity contribution >= 4 is 11.9 Å². The van der Waals surface area contributed by atoms with Gasteiger partial charge in [0.25, 0.3) is 0 Å². The molecule has 140 valence electrons. The third kappa shape index (κ3) is 8.42. The van der Waals surface area contributed by atoms with Gasteiger partial charge in [0.2, 0.25) is 0 Å². The van der Waals surface area contributed by atoms with Crippen LogP contribution in [0.15, 0.2) is 23.2 Å². The summed E-state index contributed by atoms with van der Waals surface area (Å²) in [4.78, 5) is 15.8. The van der Waals surface area contributed by atoms with Crippen LogP contribution in [0.2, 0.25) is 0 Å². The smallest absolute Gasteiger partial charge is 0.305 e. The maximum absolute atomic E-state index is 11.3. The highest BCUT2D eigenvalue weighted by molar-refractivity contribution is 5.79. The highest BCUT2D eigenvalue weighted by Crippen LogP contribution is 2.19. The van der Waals surface area contributed by atoms with Crippen LogP contribution in [-0.2, 0) is 16.0 Å². The molecule has 6 nitrogen and oxygen atoms in total. The number of aryl methyl sites for hydroxylation is 1. The van der Waals surface area contributed by atoms with Gasteiger partial charge in [-0.15, -0.1) is 0 Å². The Labute approximate surface area is 151 Å². The predicted octanol–water partition coefficient (Wildman–Crippen LogP) is 2.44. The van der Waals surface area contributed by atoms with Crippen LogP contribution in [0.4, 0.5) is 0 Å². The third-order valence-corrected chi connectivity index (χ3v) is 3.58. The number of esters is 1. The molecule has 2 N–H and O–H groups in total. The van der Waals surface area contributed by atoms with E-state index in [1.54, 1.807) is 7.11 Å². The van der Waals surface area contributed by atoms with Crippen LogP contribution in [0.5, 0.6) is 5.75 Å². The maximum atomic E-state index is 11.3. The molecule has 6 heteroatoms. The van der Waals surface area contributed by atoms with Crippen LogP contribution in [0.25, 0.3) is 0 Å². The van der Waals surface area contributed by atoms with Crippen LogP contribution in [-0.4, -0.2) is 45.3 Å². The number of methoxy groups -OCH3 is 1. The quantitative estimate of drug-likeness (QED) is 0.294. The van der Waals surface area contributed by atoms with Crippen molar-refractivity contribution in [3.8, 4) is 5.75 Å². The molecule has 25 heavy (non-hydrogen) atoms. The maximum Gasteiger partial charge on any atom is 0.305 e. The van der Waals surface area contributed by atoms with E-state index in [1.807, 2.05) is 26.0 Å². The first-order valence-corrected chi connectivity index (χ1v) is 8.92. The second kappa shape index (κ2) is 12.2. The number of hydrogen-bond acceptors (Lipinski definition) is 4. The molecule has 0 aromatic heterocycles. The zero-order valence-corrected chi connectivity index (χ0v) is 15.9. The molecule has 0 radical (unpaired) electrons. The fourth-order valence-electron chi connectivity index (χ4n) is 2.41. The fraction of sp³-hybridized carbons (Fsp3) is 0.579. The van der Waals surface area contributed by atoms with Crippen LogP contribution < -0.4 is 15.4 Å². The molecule has 1 rings (SSSR count). The summed E-state index contributed by atoms with van der Waals surface area (Å²) in [7, 11) is 1.69. The van der Waals surface area contributed by atoms with Gasteiger partial charge in [0.15, 0.2) is 5.96 Å². The van der Waals surface area contributed by atoms with Crippen molar-refractivity contribution in [3.63, 3.8) is 0 Å². The van der Waals surface area contributed by atoms with E-state index in [0.717, 1.165) is 31.2 Å². The zero-order chi connectivity index (χ0) is 18.5. The Balaban J connectivity index is 2.46. The average molecular weight is 349 g/mol. The van der Waals surface area contributed by atoms with Gasteiger partial charge in [-0.25, -0.2) is 0 Å². The van der Waals surface area contributed by atoms with E-state index in [9.17, 15) is 4.79 Å². The van der Waals surface area contributed by atoms with E-state index in [0.29, 0.717) is 26.0 Å². The molecular formula is C19H31N3O3. The van der Waals surface area contributed by atoms with Crippen molar-refractivity contribution < 1.29 is 14.3 Å². The van der Waals surface area contributed by atoms with E-state index in [-0.39, 0.29) is 5.97 Å². The minimum atomic E-state index is -0.165. The van der Waals surface area contributed by atoms with Crippen LogP contribution in [0, 0.1) is 6.92 Å². The Morgan fingerprint density at radius 2 is 2.04 bits per heavy atom. The lowest BCUT2D eigenvalue weighted by Crippen LogP contribution is -2.38. The Kier molecular flexibility index (Phi) is 10.1. The highest BCUT2D eigenvalue weighted by atomic mass is 16.5. The number of benzene rings is 1. The second-order valence-electron chi connectivity index (χ2n) is 5.66. The molecule has 0 heterocycles. The third-order valence-electron chi connectivity index (χ3n) is 3.58. The summed E-state index contributed by atoms with van der Waals surface area (Å²) in [5.41, 5.74) is 2.39. The topological polar surface area (TPSA) is 72.0 Å². The Morgan fingerprint density at radius 3 is 2.72 bits per heavy atom. The van der Waals surface area contributed by atoms with Gasteiger partial charge in [-0.3, -0.25) is 9.79 Å². The molecule has 1 aromatic rings. The van der Waals surface area contributed by atoms with Gasteiger partial charge < -0.3 is 20.1 Å². The largest absolute Gasteiger partial charge is 0.496 e. The number of carbonyl (C=O) groups is 1. The van der Waals surface area contributed by atoms with Gasteiger partial charge >= 0.3 is 5.97 Å². The standard InChI is InChI=1S/C19H31N3O3/c1-5-20-19(21-12-7-8-18(23)25-6-2)22-13-11-16-14-15(3)9-10-17(16)24-4/h9-10,14H,5-8,11-13H2,1-4H3,(H2,20,21,22). The van der Waals surface area contributed by atoms with Crippen molar-refractivity contribution in [2.24, 2.45) is 4.99 Å². The van der Waals surface area contributed by atoms with Crippen molar-refractivity contribution in [1.82, 2.24) is 10.6 Å². The van der Waals surface area contributed by atoms with Crippen LogP contribution >= 0.6 is 0 Å². The van der Waals surface area contributed by atoms with Gasteiger partial charge in [-0.2, -0.15) is 0 Å².